The third kappa shape index (κ3) is 2.81. The summed E-state index contributed by atoms with van der Waals surface area (Å²) in [5.41, 5.74) is 6.86. The lowest BCUT2D eigenvalue weighted by Crippen LogP contribution is -2.19. The topological polar surface area (TPSA) is 38.9 Å². The zero-order chi connectivity index (χ0) is 7.90. The summed E-state index contributed by atoms with van der Waals surface area (Å²) in [6.45, 7) is 0. The normalized spacial score (nSPS) is 16.8. The third-order valence-corrected chi connectivity index (χ3v) is 2.50. The molecule has 1 aliphatic carbocycles. The van der Waals surface area contributed by atoms with Crippen LogP contribution in [0.25, 0.3) is 0 Å². The summed E-state index contributed by atoms with van der Waals surface area (Å²) in [6.07, 6.45) is 3.94. The van der Waals surface area contributed by atoms with Gasteiger partial charge in [0.2, 0.25) is 0 Å². The fourth-order valence-electron chi connectivity index (χ4n) is 1.06. The van der Waals surface area contributed by atoms with Gasteiger partial charge in [-0.15, -0.1) is 24.8 Å². The maximum atomic E-state index is 5.94. The third-order valence-electron chi connectivity index (χ3n) is 2.03. The Balaban J connectivity index is 0.000000720. The molecule has 2 rings (SSSR count). The second-order valence-corrected chi connectivity index (χ2v) is 3.93. The van der Waals surface area contributed by atoms with Crippen molar-refractivity contribution in [3.63, 3.8) is 0 Å². The first kappa shape index (κ1) is 13.2. The van der Waals surface area contributed by atoms with Crippen molar-refractivity contribution in [2.75, 3.05) is 0 Å². The Morgan fingerprint density at radius 2 is 1.92 bits per heavy atom. The van der Waals surface area contributed by atoms with Crippen LogP contribution in [0.3, 0.4) is 0 Å². The van der Waals surface area contributed by atoms with Crippen LogP contribution in [0.4, 0.5) is 0 Å². The minimum Gasteiger partial charge on any atom is -0.320 e. The van der Waals surface area contributed by atoms with Crippen molar-refractivity contribution in [2.45, 2.75) is 18.4 Å². The van der Waals surface area contributed by atoms with Gasteiger partial charge in [0.25, 0.3) is 0 Å². The van der Waals surface area contributed by atoms with Crippen LogP contribution in [-0.2, 0) is 5.54 Å². The van der Waals surface area contributed by atoms with Crippen LogP contribution in [-0.4, -0.2) is 4.98 Å². The molecule has 2 nitrogen and oxygen atoms in total. The van der Waals surface area contributed by atoms with Gasteiger partial charge in [-0.2, -0.15) is 0 Å². The molecule has 0 radical (unpaired) electrons. The second-order valence-electron chi connectivity index (χ2n) is 3.02. The van der Waals surface area contributed by atoms with Crippen LogP contribution < -0.4 is 5.73 Å². The highest BCUT2D eigenvalue weighted by molar-refractivity contribution is 9.10. The monoisotopic (exact) mass is 284 g/mol. The minimum atomic E-state index is -0.0965. The van der Waals surface area contributed by atoms with Crippen molar-refractivity contribution in [1.29, 1.82) is 0 Å². The Morgan fingerprint density at radius 3 is 2.31 bits per heavy atom. The van der Waals surface area contributed by atoms with E-state index in [1.807, 2.05) is 12.1 Å². The van der Waals surface area contributed by atoms with E-state index in [0.717, 1.165) is 23.0 Å². The van der Waals surface area contributed by atoms with Crippen molar-refractivity contribution < 1.29 is 0 Å². The SMILES string of the molecule is Cl.Cl.NC1(c2ccc(Br)cn2)CC1. The van der Waals surface area contributed by atoms with E-state index in [1.165, 1.54) is 0 Å². The van der Waals surface area contributed by atoms with E-state index >= 15 is 0 Å². The Kier molecular flexibility index (Phi) is 4.66. The summed E-state index contributed by atoms with van der Waals surface area (Å²) in [6, 6.07) is 3.96. The number of aromatic nitrogens is 1. The summed E-state index contributed by atoms with van der Waals surface area (Å²) in [4.78, 5) is 4.24. The Labute approximate surface area is 98.3 Å². The molecule has 2 N–H and O–H groups in total. The molecule has 0 saturated heterocycles. The summed E-state index contributed by atoms with van der Waals surface area (Å²) in [5.74, 6) is 0. The zero-order valence-corrected chi connectivity index (χ0v) is 10.1. The number of rotatable bonds is 1. The summed E-state index contributed by atoms with van der Waals surface area (Å²) in [5, 5.41) is 0. The largest absolute Gasteiger partial charge is 0.320 e. The molecule has 0 spiro atoms. The molecule has 74 valence electrons. The Hall–Kier alpha value is 0.170. The van der Waals surface area contributed by atoms with Gasteiger partial charge < -0.3 is 5.73 Å². The first-order valence-electron chi connectivity index (χ1n) is 3.62. The number of pyridine rings is 1. The quantitative estimate of drug-likeness (QED) is 0.862. The molecular weight excluding hydrogens is 275 g/mol. The van der Waals surface area contributed by atoms with E-state index in [0.29, 0.717) is 0 Å². The summed E-state index contributed by atoms with van der Waals surface area (Å²) >= 11 is 3.33. The predicted octanol–water partition coefficient (Wildman–Crippen LogP) is 2.64. The number of halogens is 3. The van der Waals surface area contributed by atoms with Gasteiger partial charge in [-0.1, -0.05) is 0 Å². The molecule has 0 unspecified atom stereocenters. The molecule has 13 heavy (non-hydrogen) atoms. The van der Waals surface area contributed by atoms with E-state index in [-0.39, 0.29) is 30.4 Å². The molecule has 1 aromatic heterocycles. The standard InChI is InChI=1S/C8H9BrN2.2ClH/c9-6-1-2-7(11-5-6)8(10)3-4-8;;/h1-2,5H,3-4,10H2;2*1H. The Morgan fingerprint density at radius 1 is 1.31 bits per heavy atom. The highest BCUT2D eigenvalue weighted by Gasteiger charge is 2.41. The molecule has 0 bridgehead atoms. The molecule has 1 saturated carbocycles. The molecule has 1 aromatic rings. The van der Waals surface area contributed by atoms with Crippen LogP contribution in [0.5, 0.6) is 0 Å². The van der Waals surface area contributed by atoms with E-state index in [2.05, 4.69) is 20.9 Å². The molecule has 1 aliphatic rings. The molecule has 1 fully saturated rings. The van der Waals surface area contributed by atoms with Crippen LogP contribution >= 0.6 is 40.7 Å². The maximum absolute atomic E-state index is 5.94. The molecular formula is C8H11BrCl2N2. The van der Waals surface area contributed by atoms with Crippen molar-refractivity contribution >= 4 is 40.7 Å². The Bertz CT molecular complexity index is 272. The fraction of sp³-hybridized carbons (Fsp3) is 0.375. The van der Waals surface area contributed by atoms with Gasteiger partial charge in [0.05, 0.1) is 11.2 Å². The van der Waals surface area contributed by atoms with Crippen LogP contribution in [0.2, 0.25) is 0 Å². The maximum Gasteiger partial charge on any atom is 0.0603 e. The highest BCUT2D eigenvalue weighted by Crippen LogP contribution is 2.41. The van der Waals surface area contributed by atoms with Gasteiger partial charge in [0.1, 0.15) is 0 Å². The average Bonchev–Trinajstić information content (AvgIpc) is 2.70. The first-order chi connectivity index (χ1) is 5.21. The lowest BCUT2D eigenvalue weighted by Gasteiger charge is -2.06. The van der Waals surface area contributed by atoms with E-state index in [9.17, 15) is 0 Å². The van der Waals surface area contributed by atoms with E-state index in [1.54, 1.807) is 6.20 Å². The first-order valence-corrected chi connectivity index (χ1v) is 4.41. The van der Waals surface area contributed by atoms with Gasteiger partial charge in [-0.05, 0) is 40.9 Å². The summed E-state index contributed by atoms with van der Waals surface area (Å²) < 4.78 is 1.01. The van der Waals surface area contributed by atoms with Crippen molar-refractivity contribution in [1.82, 2.24) is 4.98 Å². The van der Waals surface area contributed by atoms with Crippen LogP contribution in [0.1, 0.15) is 18.5 Å². The lowest BCUT2D eigenvalue weighted by molar-refractivity contribution is 0.707. The van der Waals surface area contributed by atoms with Crippen LogP contribution in [0.15, 0.2) is 22.8 Å². The molecule has 5 heteroatoms. The number of hydrogen-bond acceptors (Lipinski definition) is 2. The number of nitrogens with two attached hydrogens (primary N) is 1. The van der Waals surface area contributed by atoms with Gasteiger partial charge in [0, 0.05) is 10.7 Å². The minimum absolute atomic E-state index is 0. The van der Waals surface area contributed by atoms with Gasteiger partial charge in [-0.3, -0.25) is 4.98 Å². The highest BCUT2D eigenvalue weighted by atomic mass is 79.9. The van der Waals surface area contributed by atoms with Crippen LogP contribution in [0, 0.1) is 0 Å². The average molecular weight is 286 g/mol. The molecule has 0 atom stereocenters. The van der Waals surface area contributed by atoms with Gasteiger partial charge in [-0.25, -0.2) is 0 Å². The predicted molar refractivity (Wildman–Crippen MR) is 61.5 cm³/mol. The summed E-state index contributed by atoms with van der Waals surface area (Å²) in [7, 11) is 0. The zero-order valence-electron chi connectivity index (χ0n) is 6.87. The van der Waals surface area contributed by atoms with E-state index < -0.39 is 0 Å². The van der Waals surface area contributed by atoms with E-state index in [4.69, 9.17) is 5.73 Å². The van der Waals surface area contributed by atoms with Crippen molar-refractivity contribution in [2.24, 2.45) is 5.73 Å². The molecule has 1 heterocycles. The molecule has 0 amide bonds. The smallest absolute Gasteiger partial charge is 0.0603 e. The number of nitrogens with zero attached hydrogens (tertiary/aromatic N) is 1. The second kappa shape index (κ2) is 4.60. The van der Waals surface area contributed by atoms with Gasteiger partial charge >= 0.3 is 0 Å². The fourth-order valence-corrected chi connectivity index (χ4v) is 1.30. The molecule has 0 aliphatic heterocycles. The van der Waals surface area contributed by atoms with Gasteiger partial charge in [0.15, 0.2) is 0 Å². The number of hydrogen-bond donors (Lipinski definition) is 1. The van der Waals surface area contributed by atoms with Crippen molar-refractivity contribution in [3.8, 4) is 0 Å². The molecule has 0 aromatic carbocycles. The van der Waals surface area contributed by atoms with Crippen molar-refractivity contribution in [3.05, 3.63) is 28.5 Å². The lowest BCUT2D eigenvalue weighted by atomic mass is 10.2.